The zero-order chi connectivity index (χ0) is 16.3. The molecule has 1 aromatic carbocycles. The van der Waals surface area contributed by atoms with Crippen molar-refractivity contribution < 1.29 is 23.1 Å². The van der Waals surface area contributed by atoms with Crippen molar-refractivity contribution in [2.75, 3.05) is 6.54 Å². The van der Waals surface area contributed by atoms with E-state index in [1.54, 1.807) is 0 Å². The minimum atomic E-state index is -4.49. The first-order chi connectivity index (χ1) is 10.3. The second-order valence-corrected chi connectivity index (χ2v) is 5.02. The quantitative estimate of drug-likeness (QED) is 0.805. The lowest BCUT2D eigenvalue weighted by atomic mass is 10.1. The highest BCUT2D eigenvalue weighted by molar-refractivity contribution is 6.30. The number of aliphatic hydroxyl groups excluding tert-OH is 1. The van der Waals surface area contributed by atoms with Crippen LogP contribution in [0, 0.1) is 0 Å². The number of H-pyrrole nitrogens is 1. The van der Waals surface area contributed by atoms with Gasteiger partial charge in [0.25, 0.3) is 5.91 Å². The molecule has 0 bridgehead atoms. The Balaban J connectivity index is 2.00. The summed E-state index contributed by atoms with van der Waals surface area (Å²) in [6.45, 7) is -0.225. The number of halogens is 4. The van der Waals surface area contributed by atoms with Gasteiger partial charge in [0.1, 0.15) is 5.69 Å². The molecule has 4 nitrogen and oxygen atoms in total. The zero-order valence-electron chi connectivity index (χ0n) is 11.1. The molecule has 0 saturated carbocycles. The molecule has 2 rings (SSSR count). The summed E-state index contributed by atoms with van der Waals surface area (Å²) in [5, 5.41) is 12.7. The summed E-state index contributed by atoms with van der Waals surface area (Å²) in [5.41, 5.74) is -0.590. The van der Waals surface area contributed by atoms with E-state index in [0.29, 0.717) is 5.02 Å². The number of hydrogen-bond donors (Lipinski definition) is 3. The van der Waals surface area contributed by atoms with Crippen molar-refractivity contribution in [2.24, 2.45) is 0 Å². The number of carbonyl (C=O) groups excluding carboxylic acids is 1. The molecule has 1 aromatic heterocycles. The average Bonchev–Trinajstić information content (AvgIpc) is 2.90. The van der Waals surface area contributed by atoms with Crippen molar-refractivity contribution >= 4 is 17.5 Å². The molecule has 1 amide bonds. The number of aromatic nitrogens is 1. The van der Waals surface area contributed by atoms with Gasteiger partial charge in [0.15, 0.2) is 0 Å². The Bertz CT molecular complexity index is 670. The molecule has 0 spiro atoms. The summed E-state index contributed by atoms with van der Waals surface area (Å²) in [6.07, 6.45) is -4.32. The van der Waals surface area contributed by atoms with E-state index in [9.17, 15) is 23.1 Å². The summed E-state index contributed by atoms with van der Waals surface area (Å²) in [4.78, 5) is 14.4. The number of hydrogen-bond acceptors (Lipinski definition) is 2. The van der Waals surface area contributed by atoms with E-state index in [2.05, 4.69) is 10.3 Å². The molecular formula is C14H12ClF3N2O2. The third-order valence-corrected chi connectivity index (χ3v) is 3.17. The number of nitrogens with one attached hydrogen (secondary N) is 2. The average molecular weight is 333 g/mol. The molecule has 0 fully saturated rings. The zero-order valence-corrected chi connectivity index (χ0v) is 11.9. The summed E-state index contributed by atoms with van der Waals surface area (Å²) in [6, 6.07) is 5.72. The predicted octanol–water partition coefficient (Wildman–Crippen LogP) is 3.15. The maximum absolute atomic E-state index is 12.6. The van der Waals surface area contributed by atoms with Crippen LogP contribution in [0.15, 0.2) is 36.5 Å². The largest absolute Gasteiger partial charge is 0.416 e. The fourth-order valence-electron chi connectivity index (χ4n) is 1.82. The van der Waals surface area contributed by atoms with E-state index in [4.69, 9.17) is 11.6 Å². The van der Waals surface area contributed by atoms with Crippen molar-refractivity contribution in [3.63, 3.8) is 0 Å². The topological polar surface area (TPSA) is 65.1 Å². The molecule has 0 radical (unpaired) electrons. The molecule has 1 atom stereocenters. The highest BCUT2D eigenvalue weighted by Crippen LogP contribution is 2.30. The van der Waals surface area contributed by atoms with Gasteiger partial charge in [-0.25, -0.2) is 0 Å². The number of benzene rings is 1. The minimum absolute atomic E-state index is 0.0691. The van der Waals surface area contributed by atoms with Crippen LogP contribution in [0.5, 0.6) is 0 Å². The first kappa shape index (κ1) is 16.4. The first-order valence-corrected chi connectivity index (χ1v) is 6.62. The number of amides is 1. The lowest BCUT2D eigenvalue weighted by Crippen LogP contribution is -2.28. The van der Waals surface area contributed by atoms with Gasteiger partial charge in [0.2, 0.25) is 0 Å². The number of alkyl halides is 3. The monoisotopic (exact) mass is 332 g/mol. The van der Waals surface area contributed by atoms with Crippen molar-refractivity contribution in [1.82, 2.24) is 10.3 Å². The molecule has 22 heavy (non-hydrogen) atoms. The minimum Gasteiger partial charge on any atom is -0.387 e. The fourth-order valence-corrected chi connectivity index (χ4v) is 1.99. The Kier molecular flexibility index (Phi) is 4.77. The van der Waals surface area contributed by atoms with Gasteiger partial charge in [-0.2, -0.15) is 13.2 Å². The van der Waals surface area contributed by atoms with Gasteiger partial charge in [0.05, 0.1) is 16.7 Å². The van der Waals surface area contributed by atoms with Crippen LogP contribution < -0.4 is 5.32 Å². The van der Waals surface area contributed by atoms with E-state index in [-0.39, 0.29) is 17.8 Å². The SMILES string of the molecule is O=C(NC[C@@H](O)c1cccc(C(F)(F)F)c1)c1cc(Cl)c[nH]1. The van der Waals surface area contributed by atoms with E-state index >= 15 is 0 Å². The van der Waals surface area contributed by atoms with Gasteiger partial charge in [-0.1, -0.05) is 23.7 Å². The van der Waals surface area contributed by atoms with Crippen molar-refractivity contribution in [3.05, 3.63) is 58.4 Å². The van der Waals surface area contributed by atoms with E-state index in [0.717, 1.165) is 12.1 Å². The fraction of sp³-hybridized carbons (Fsp3) is 0.214. The Morgan fingerprint density at radius 1 is 1.36 bits per heavy atom. The van der Waals surface area contributed by atoms with Crippen LogP contribution in [-0.2, 0) is 6.18 Å². The third-order valence-electron chi connectivity index (χ3n) is 2.95. The van der Waals surface area contributed by atoms with Crippen molar-refractivity contribution in [2.45, 2.75) is 12.3 Å². The van der Waals surface area contributed by atoms with Crippen LogP contribution in [-0.4, -0.2) is 22.5 Å². The first-order valence-electron chi connectivity index (χ1n) is 6.24. The molecule has 0 aliphatic heterocycles. The van der Waals surface area contributed by atoms with Crippen LogP contribution in [0.25, 0.3) is 0 Å². The van der Waals surface area contributed by atoms with Gasteiger partial charge in [-0.3, -0.25) is 4.79 Å². The van der Waals surface area contributed by atoms with Crippen LogP contribution in [0.2, 0.25) is 5.02 Å². The molecule has 1 heterocycles. The number of carbonyl (C=O) groups is 1. The van der Waals surface area contributed by atoms with Crippen LogP contribution in [0.3, 0.4) is 0 Å². The Morgan fingerprint density at radius 2 is 2.09 bits per heavy atom. The lowest BCUT2D eigenvalue weighted by molar-refractivity contribution is -0.137. The maximum Gasteiger partial charge on any atom is 0.416 e. The lowest BCUT2D eigenvalue weighted by Gasteiger charge is -2.14. The van der Waals surface area contributed by atoms with Gasteiger partial charge in [-0.15, -0.1) is 0 Å². The van der Waals surface area contributed by atoms with Crippen LogP contribution in [0.4, 0.5) is 13.2 Å². The molecule has 0 aliphatic carbocycles. The highest BCUT2D eigenvalue weighted by atomic mass is 35.5. The smallest absolute Gasteiger partial charge is 0.387 e. The van der Waals surface area contributed by atoms with Crippen molar-refractivity contribution in [1.29, 1.82) is 0 Å². The molecular weight excluding hydrogens is 321 g/mol. The van der Waals surface area contributed by atoms with E-state index in [1.807, 2.05) is 0 Å². The molecule has 3 N–H and O–H groups in total. The van der Waals surface area contributed by atoms with Gasteiger partial charge in [-0.05, 0) is 23.8 Å². The van der Waals surface area contributed by atoms with Crippen LogP contribution in [0.1, 0.15) is 27.7 Å². The molecule has 118 valence electrons. The number of aromatic amines is 1. The van der Waals surface area contributed by atoms with Crippen molar-refractivity contribution in [3.8, 4) is 0 Å². The van der Waals surface area contributed by atoms with Crippen LogP contribution >= 0.6 is 11.6 Å². The summed E-state index contributed by atoms with van der Waals surface area (Å²) >= 11 is 5.66. The van der Waals surface area contributed by atoms with Gasteiger partial charge >= 0.3 is 6.18 Å². The van der Waals surface area contributed by atoms with Gasteiger partial charge < -0.3 is 15.4 Å². The number of rotatable bonds is 4. The highest BCUT2D eigenvalue weighted by Gasteiger charge is 2.30. The molecule has 2 aromatic rings. The molecule has 0 aliphatic rings. The molecule has 0 saturated heterocycles. The second-order valence-electron chi connectivity index (χ2n) is 4.58. The predicted molar refractivity (Wildman–Crippen MR) is 74.5 cm³/mol. The summed E-state index contributed by atoms with van der Waals surface area (Å²) in [7, 11) is 0. The standard InChI is InChI=1S/C14H12ClF3N2O2/c15-10-5-11(19-6-10)13(22)20-7-12(21)8-2-1-3-9(4-8)14(16,17)18/h1-6,12,19,21H,7H2,(H,20,22)/t12-/m1/s1. The van der Waals surface area contributed by atoms with E-state index < -0.39 is 23.8 Å². The van der Waals surface area contributed by atoms with Gasteiger partial charge in [0, 0.05) is 12.7 Å². The molecule has 8 heteroatoms. The number of aliphatic hydroxyl groups is 1. The van der Waals surface area contributed by atoms with E-state index in [1.165, 1.54) is 24.4 Å². The Morgan fingerprint density at radius 3 is 2.68 bits per heavy atom. The Labute approximate surface area is 128 Å². The third kappa shape index (κ3) is 4.02. The molecule has 0 unspecified atom stereocenters. The summed E-state index contributed by atoms with van der Waals surface area (Å²) in [5.74, 6) is -0.516. The maximum atomic E-state index is 12.6. The second kappa shape index (κ2) is 6.41. The summed E-state index contributed by atoms with van der Waals surface area (Å²) < 4.78 is 37.8. The Hall–Kier alpha value is -1.99. The normalized spacial score (nSPS) is 13.0.